The van der Waals surface area contributed by atoms with Crippen molar-refractivity contribution in [2.75, 3.05) is 24.7 Å². The molecule has 0 amide bonds. The first-order valence-electron chi connectivity index (χ1n) is 9.09. The van der Waals surface area contributed by atoms with E-state index < -0.39 is 9.84 Å². The maximum absolute atomic E-state index is 12.1. The van der Waals surface area contributed by atoms with Gasteiger partial charge in [0, 0.05) is 24.4 Å². The third-order valence-corrected chi connectivity index (χ3v) is 6.29. The van der Waals surface area contributed by atoms with Crippen LogP contribution in [-0.4, -0.2) is 47.9 Å². The van der Waals surface area contributed by atoms with Crippen molar-refractivity contribution in [2.45, 2.75) is 49.5 Å². The van der Waals surface area contributed by atoms with Crippen LogP contribution in [0.25, 0.3) is 0 Å². The molecule has 0 saturated carbocycles. The number of nitrogens with one attached hydrogen (secondary N) is 3. The quantitative estimate of drug-likeness (QED) is 0.718. The van der Waals surface area contributed by atoms with Crippen molar-refractivity contribution in [3.05, 3.63) is 28.8 Å². The Morgan fingerprint density at radius 3 is 2.96 bits per heavy atom. The second kappa shape index (κ2) is 6.96. The predicted octanol–water partition coefficient (Wildman–Crippen LogP) is 1.17. The maximum atomic E-state index is 12.1. The van der Waals surface area contributed by atoms with Gasteiger partial charge in [0.2, 0.25) is 5.95 Å². The minimum absolute atomic E-state index is 0.0895. The number of aromatic nitrogens is 4. The highest BCUT2D eigenvalue weighted by atomic mass is 32.2. The van der Waals surface area contributed by atoms with Gasteiger partial charge in [0.15, 0.2) is 9.84 Å². The van der Waals surface area contributed by atoms with Gasteiger partial charge in [-0.25, -0.2) is 18.4 Å². The van der Waals surface area contributed by atoms with E-state index in [1.54, 1.807) is 0 Å². The Morgan fingerprint density at radius 2 is 2.19 bits per heavy atom. The summed E-state index contributed by atoms with van der Waals surface area (Å²) in [4.78, 5) is 9.04. The lowest BCUT2D eigenvalue weighted by Gasteiger charge is -2.24. The van der Waals surface area contributed by atoms with E-state index in [2.05, 4.69) is 30.8 Å². The van der Waals surface area contributed by atoms with Crippen LogP contribution in [0, 0.1) is 0 Å². The van der Waals surface area contributed by atoms with Crippen LogP contribution < -0.4 is 10.6 Å². The largest absolute Gasteiger partial charge is 0.348 e. The van der Waals surface area contributed by atoms with Crippen LogP contribution in [0.15, 0.2) is 11.1 Å². The highest BCUT2D eigenvalue weighted by Gasteiger charge is 2.25. The summed E-state index contributed by atoms with van der Waals surface area (Å²) in [6, 6.07) is 0. The molecule has 9 heteroatoms. The standard InChI is InChI=1S/C17H24N6O2S/c1-26(24,25)15-10-20-17(21-16(15)11-4-3-7-18-8-11)19-9-14-12-5-2-6-13(12)22-23-14/h10-11,18H,2-9H2,1H3,(H,22,23)(H,19,20,21). The van der Waals surface area contributed by atoms with E-state index >= 15 is 0 Å². The molecule has 2 aromatic rings. The van der Waals surface area contributed by atoms with Crippen LogP contribution in [0.3, 0.4) is 0 Å². The minimum atomic E-state index is -3.36. The fourth-order valence-corrected chi connectivity index (χ4v) is 4.67. The van der Waals surface area contributed by atoms with Gasteiger partial charge in [-0.05, 0) is 44.2 Å². The predicted molar refractivity (Wildman–Crippen MR) is 97.9 cm³/mol. The molecule has 1 fully saturated rings. The fourth-order valence-electron chi connectivity index (χ4n) is 3.83. The topological polar surface area (TPSA) is 113 Å². The normalized spacial score (nSPS) is 20.1. The number of rotatable bonds is 5. The summed E-state index contributed by atoms with van der Waals surface area (Å²) >= 11 is 0. The van der Waals surface area contributed by atoms with Crippen molar-refractivity contribution in [2.24, 2.45) is 0 Å². The van der Waals surface area contributed by atoms with Gasteiger partial charge in [-0.15, -0.1) is 0 Å². The van der Waals surface area contributed by atoms with Crippen LogP contribution in [-0.2, 0) is 29.2 Å². The third kappa shape index (κ3) is 3.45. The van der Waals surface area contributed by atoms with Crippen LogP contribution in [0.5, 0.6) is 0 Å². The molecule has 0 radical (unpaired) electrons. The minimum Gasteiger partial charge on any atom is -0.348 e. The zero-order valence-electron chi connectivity index (χ0n) is 14.9. The summed E-state index contributed by atoms with van der Waals surface area (Å²) in [6.45, 7) is 2.24. The number of sulfone groups is 1. The van der Waals surface area contributed by atoms with E-state index in [4.69, 9.17) is 0 Å². The Balaban J connectivity index is 1.58. The number of piperidine rings is 1. The summed E-state index contributed by atoms with van der Waals surface area (Å²) in [5, 5.41) is 14.0. The lowest BCUT2D eigenvalue weighted by molar-refractivity contribution is 0.448. The Labute approximate surface area is 153 Å². The Hall–Kier alpha value is -2.00. The molecule has 2 aliphatic rings. The van der Waals surface area contributed by atoms with Crippen molar-refractivity contribution in [3.63, 3.8) is 0 Å². The molecular formula is C17H24N6O2S. The first-order valence-corrected chi connectivity index (χ1v) is 11.0. The molecule has 26 heavy (non-hydrogen) atoms. The van der Waals surface area contributed by atoms with Gasteiger partial charge >= 0.3 is 0 Å². The first-order chi connectivity index (χ1) is 12.5. The fraction of sp³-hybridized carbons (Fsp3) is 0.588. The number of anilines is 1. The number of nitrogens with zero attached hydrogens (tertiary/aromatic N) is 3. The molecule has 1 aliphatic heterocycles. The average Bonchev–Trinajstić information content (AvgIpc) is 3.24. The van der Waals surface area contributed by atoms with Crippen molar-refractivity contribution in [1.29, 1.82) is 0 Å². The Morgan fingerprint density at radius 1 is 1.31 bits per heavy atom. The molecule has 0 aromatic carbocycles. The molecule has 1 unspecified atom stereocenters. The van der Waals surface area contributed by atoms with Crippen LogP contribution in [0.1, 0.15) is 47.8 Å². The molecular weight excluding hydrogens is 352 g/mol. The molecule has 0 bridgehead atoms. The van der Waals surface area contributed by atoms with Crippen molar-refractivity contribution in [1.82, 2.24) is 25.5 Å². The summed E-state index contributed by atoms with van der Waals surface area (Å²) in [5.74, 6) is 0.541. The van der Waals surface area contributed by atoms with Crippen LogP contribution >= 0.6 is 0 Å². The van der Waals surface area contributed by atoms with Gasteiger partial charge in [-0.1, -0.05) is 0 Å². The Bertz CT molecular complexity index is 902. The highest BCUT2D eigenvalue weighted by molar-refractivity contribution is 7.90. The molecule has 3 heterocycles. The number of hydrogen-bond acceptors (Lipinski definition) is 7. The number of aryl methyl sites for hydroxylation is 1. The van der Waals surface area contributed by atoms with E-state index in [9.17, 15) is 8.42 Å². The smallest absolute Gasteiger partial charge is 0.223 e. The van der Waals surface area contributed by atoms with Gasteiger partial charge in [0.25, 0.3) is 0 Å². The molecule has 1 atom stereocenters. The average molecular weight is 376 g/mol. The molecule has 2 aromatic heterocycles. The van der Waals surface area contributed by atoms with Crippen molar-refractivity contribution < 1.29 is 8.42 Å². The zero-order chi connectivity index (χ0) is 18.1. The van der Waals surface area contributed by atoms with Gasteiger partial charge in [0.1, 0.15) is 4.90 Å². The molecule has 8 nitrogen and oxygen atoms in total. The van der Waals surface area contributed by atoms with E-state index in [0.717, 1.165) is 50.9 Å². The van der Waals surface area contributed by atoms with Gasteiger partial charge in [-0.2, -0.15) is 5.10 Å². The SMILES string of the molecule is CS(=O)(=O)c1cnc(NCc2n[nH]c3c2CCC3)nc1C1CCCNC1. The van der Waals surface area contributed by atoms with Gasteiger partial charge in [-0.3, -0.25) is 5.10 Å². The highest BCUT2D eigenvalue weighted by Crippen LogP contribution is 2.28. The molecule has 1 saturated heterocycles. The zero-order valence-corrected chi connectivity index (χ0v) is 15.7. The van der Waals surface area contributed by atoms with Crippen molar-refractivity contribution in [3.8, 4) is 0 Å². The van der Waals surface area contributed by atoms with E-state index in [-0.39, 0.29) is 10.8 Å². The summed E-state index contributed by atoms with van der Waals surface area (Å²) in [6.07, 6.45) is 7.86. The number of fused-ring (bicyclic) bond motifs is 1. The summed E-state index contributed by atoms with van der Waals surface area (Å²) < 4.78 is 24.3. The van der Waals surface area contributed by atoms with E-state index in [0.29, 0.717) is 18.2 Å². The molecule has 4 rings (SSSR count). The first kappa shape index (κ1) is 17.4. The van der Waals surface area contributed by atoms with Crippen molar-refractivity contribution >= 4 is 15.8 Å². The van der Waals surface area contributed by atoms with Gasteiger partial charge < -0.3 is 10.6 Å². The third-order valence-electron chi connectivity index (χ3n) is 5.17. The second-order valence-corrected chi connectivity index (χ2v) is 9.08. The van der Waals surface area contributed by atoms with Crippen LogP contribution in [0.2, 0.25) is 0 Å². The van der Waals surface area contributed by atoms with E-state index in [1.807, 2.05) is 0 Å². The monoisotopic (exact) mass is 376 g/mol. The lowest BCUT2D eigenvalue weighted by atomic mass is 9.96. The van der Waals surface area contributed by atoms with Crippen LogP contribution in [0.4, 0.5) is 5.95 Å². The molecule has 0 spiro atoms. The maximum Gasteiger partial charge on any atom is 0.223 e. The summed E-state index contributed by atoms with van der Waals surface area (Å²) in [5.41, 5.74) is 4.13. The number of H-pyrrole nitrogens is 1. The van der Waals surface area contributed by atoms with Gasteiger partial charge in [0.05, 0.1) is 24.1 Å². The Kier molecular flexibility index (Phi) is 4.66. The summed E-state index contributed by atoms with van der Waals surface area (Å²) in [7, 11) is -3.36. The second-order valence-electron chi connectivity index (χ2n) is 7.09. The number of hydrogen-bond donors (Lipinski definition) is 3. The molecule has 3 N–H and O–H groups in total. The molecule has 1 aliphatic carbocycles. The lowest BCUT2D eigenvalue weighted by Crippen LogP contribution is -2.30. The van der Waals surface area contributed by atoms with E-state index in [1.165, 1.54) is 23.7 Å². The molecule has 140 valence electrons. The number of aromatic amines is 1.